The molecule has 5 rings (SSSR count). The van der Waals surface area contributed by atoms with Gasteiger partial charge in [0.2, 0.25) is 11.8 Å². The number of ether oxygens (including phenoxy) is 1. The first-order valence-electron chi connectivity index (χ1n) is 10.0. The van der Waals surface area contributed by atoms with E-state index in [1.54, 1.807) is 29.7 Å². The quantitative estimate of drug-likeness (QED) is 0.769. The van der Waals surface area contributed by atoms with Crippen molar-refractivity contribution in [2.24, 2.45) is 5.41 Å². The average molecular weight is 423 g/mol. The van der Waals surface area contributed by atoms with Gasteiger partial charge >= 0.3 is 0 Å². The van der Waals surface area contributed by atoms with Gasteiger partial charge in [0.15, 0.2) is 0 Å². The third-order valence-corrected chi connectivity index (χ3v) is 6.53. The van der Waals surface area contributed by atoms with Crippen LogP contribution in [0, 0.1) is 5.41 Å². The first-order chi connectivity index (χ1) is 14.6. The van der Waals surface area contributed by atoms with Crippen molar-refractivity contribution in [2.75, 3.05) is 31.6 Å². The Bertz CT molecular complexity index is 1030. The minimum atomic E-state index is -0.454. The van der Waals surface area contributed by atoms with Crippen LogP contribution >= 0.6 is 11.3 Å². The molecule has 2 saturated heterocycles. The molecule has 3 aliphatic rings. The van der Waals surface area contributed by atoms with Crippen LogP contribution in [0.15, 0.2) is 34.8 Å². The fourth-order valence-electron chi connectivity index (χ4n) is 4.07. The number of carbonyl (C=O) groups is 2. The number of carbonyl (C=O) groups excluding carboxylic acids is 2. The molecule has 2 amide bonds. The number of piperidine rings is 1. The van der Waals surface area contributed by atoms with E-state index in [1.165, 1.54) is 5.57 Å². The normalized spacial score (nSPS) is 20.1. The average Bonchev–Trinajstić information content (AvgIpc) is 3.24. The van der Waals surface area contributed by atoms with Gasteiger partial charge < -0.3 is 15.0 Å². The number of anilines is 1. The lowest BCUT2D eigenvalue weighted by Crippen LogP contribution is -2.55. The maximum atomic E-state index is 12.6. The van der Waals surface area contributed by atoms with E-state index in [-0.39, 0.29) is 11.8 Å². The van der Waals surface area contributed by atoms with Crippen molar-refractivity contribution in [1.82, 2.24) is 14.9 Å². The highest BCUT2D eigenvalue weighted by Gasteiger charge is 2.49. The molecular weight excluding hydrogens is 400 g/mol. The second-order valence-corrected chi connectivity index (χ2v) is 8.77. The van der Waals surface area contributed by atoms with Gasteiger partial charge in [-0.15, -0.1) is 11.3 Å². The van der Waals surface area contributed by atoms with Crippen molar-refractivity contribution in [2.45, 2.75) is 19.3 Å². The Hall–Kier alpha value is -2.84. The largest absolute Gasteiger partial charge is 0.379 e. The molecule has 0 radical (unpaired) electrons. The zero-order chi connectivity index (χ0) is 20.6. The molecule has 0 unspecified atom stereocenters. The second-order valence-electron chi connectivity index (χ2n) is 8.05. The van der Waals surface area contributed by atoms with Crippen LogP contribution in [-0.4, -0.2) is 53.0 Å². The Balaban J connectivity index is 1.21. The van der Waals surface area contributed by atoms with Crippen molar-refractivity contribution < 1.29 is 14.3 Å². The van der Waals surface area contributed by atoms with E-state index in [2.05, 4.69) is 21.4 Å². The van der Waals surface area contributed by atoms with Gasteiger partial charge in [-0.2, -0.15) is 0 Å². The van der Waals surface area contributed by atoms with E-state index < -0.39 is 5.41 Å². The molecule has 0 aliphatic carbocycles. The topological polar surface area (TPSA) is 84.4 Å². The molecule has 5 heterocycles. The Morgan fingerprint density at radius 3 is 2.80 bits per heavy atom. The zero-order valence-electron chi connectivity index (χ0n) is 16.5. The molecule has 2 aromatic rings. The summed E-state index contributed by atoms with van der Waals surface area (Å²) in [7, 11) is 0. The standard InChI is InChI=1S/C22H22N4O3S/c27-19(26-5-3-15(4-6-26)8-18-11-30-14-24-18)2-1-16-7-17-9-22(12-29-13-22)21(28)25-20(17)23-10-16/h1-2,7-8,10-11,14H,3-6,9,12-13H2,(H,23,25,28)/b2-1+. The van der Waals surface area contributed by atoms with Gasteiger partial charge in [0.25, 0.3) is 0 Å². The maximum absolute atomic E-state index is 12.6. The van der Waals surface area contributed by atoms with E-state index in [9.17, 15) is 9.59 Å². The number of aromatic nitrogens is 2. The summed E-state index contributed by atoms with van der Waals surface area (Å²) >= 11 is 1.59. The molecule has 1 spiro atoms. The molecule has 30 heavy (non-hydrogen) atoms. The fraction of sp³-hybridized carbons (Fsp3) is 0.364. The Labute approximate surface area is 178 Å². The van der Waals surface area contributed by atoms with E-state index in [0.29, 0.717) is 25.5 Å². The minimum Gasteiger partial charge on any atom is -0.379 e. The summed E-state index contributed by atoms with van der Waals surface area (Å²) in [4.78, 5) is 35.4. The van der Waals surface area contributed by atoms with Crippen LogP contribution in [0.25, 0.3) is 12.2 Å². The van der Waals surface area contributed by atoms with Crippen LogP contribution in [0.1, 0.15) is 29.7 Å². The molecule has 7 nitrogen and oxygen atoms in total. The number of nitrogens with zero attached hydrogens (tertiary/aromatic N) is 3. The van der Waals surface area contributed by atoms with E-state index in [1.807, 2.05) is 21.9 Å². The molecule has 154 valence electrons. The van der Waals surface area contributed by atoms with Crippen molar-refractivity contribution in [3.05, 3.63) is 51.6 Å². The van der Waals surface area contributed by atoms with E-state index in [4.69, 9.17) is 4.74 Å². The van der Waals surface area contributed by atoms with Crippen molar-refractivity contribution in [3.8, 4) is 0 Å². The molecule has 0 atom stereocenters. The summed E-state index contributed by atoms with van der Waals surface area (Å²) in [5.74, 6) is 0.606. The molecule has 1 N–H and O–H groups in total. The predicted octanol–water partition coefficient (Wildman–Crippen LogP) is 2.77. The van der Waals surface area contributed by atoms with Crippen LogP contribution in [0.5, 0.6) is 0 Å². The third kappa shape index (κ3) is 3.68. The molecular formula is C22H22N4O3S. The highest BCUT2D eigenvalue weighted by Crippen LogP contribution is 2.38. The zero-order valence-corrected chi connectivity index (χ0v) is 17.3. The van der Waals surface area contributed by atoms with Crippen molar-refractivity contribution >= 4 is 41.1 Å². The number of nitrogens with one attached hydrogen (secondary N) is 1. The minimum absolute atomic E-state index is 0.0117. The third-order valence-electron chi connectivity index (χ3n) is 5.93. The summed E-state index contributed by atoms with van der Waals surface area (Å²) in [6.45, 7) is 2.33. The van der Waals surface area contributed by atoms with E-state index >= 15 is 0 Å². The summed E-state index contributed by atoms with van der Waals surface area (Å²) in [6, 6.07) is 2.00. The monoisotopic (exact) mass is 422 g/mol. The second kappa shape index (κ2) is 7.77. The van der Waals surface area contributed by atoms with Crippen LogP contribution in [0.2, 0.25) is 0 Å². The predicted molar refractivity (Wildman–Crippen MR) is 115 cm³/mol. The highest BCUT2D eigenvalue weighted by atomic mass is 32.1. The van der Waals surface area contributed by atoms with Crippen LogP contribution < -0.4 is 5.32 Å². The number of hydrogen-bond donors (Lipinski definition) is 1. The number of fused-ring (bicyclic) bond motifs is 1. The summed E-state index contributed by atoms with van der Waals surface area (Å²) in [6.07, 6.45) is 9.60. The van der Waals surface area contributed by atoms with Gasteiger partial charge in [0.1, 0.15) is 11.2 Å². The SMILES string of the molecule is O=C(/C=C/c1cnc2c(c1)CC1(COC1)C(=O)N2)N1CCC(=Cc2cscn2)CC1. The molecule has 2 aromatic heterocycles. The van der Waals surface area contributed by atoms with Gasteiger partial charge in [-0.05, 0) is 48.6 Å². The van der Waals surface area contributed by atoms with Crippen LogP contribution in [-0.2, 0) is 20.7 Å². The smallest absolute Gasteiger partial charge is 0.246 e. The lowest BCUT2D eigenvalue weighted by molar-refractivity contribution is -0.156. The van der Waals surface area contributed by atoms with Crippen molar-refractivity contribution in [3.63, 3.8) is 0 Å². The maximum Gasteiger partial charge on any atom is 0.246 e. The Morgan fingerprint density at radius 1 is 1.27 bits per heavy atom. The van der Waals surface area contributed by atoms with Gasteiger partial charge in [-0.3, -0.25) is 9.59 Å². The summed E-state index contributed by atoms with van der Waals surface area (Å²) in [5.41, 5.74) is 5.56. The van der Waals surface area contributed by atoms with Gasteiger partial charge in [-0.1, -0.05) is 5.57 Å². The summed E-state index contributed by atoms with van der Waals surface area (Å²) in [5, 5.41) is 4.91. The first kappa shape index (κ1) is 19.1. The number of hydrogen-bond acceptors (Lipinski definition) is 6. The van der Waals surface area contributed by atoms with E-state index in [0.717, 1.165) is 42.8 Å². The number of pyridine rings is 1. The highest BCUT2D eigenvalue weighted by molar-refractivity contribution is 7.07. The molecule has 3 aliphatic heterocycles. The molecule has 2 fully saturated rings. The number of thiazole rings is 1. The van der Waals surface area contributed by atoms with Crippen molar-refractivity contribution in [1.29, 1.82) is 0 Å². The van der Waals surface area contributed by atoms with Crippen LogP contribution in [0.4, 0.5) is 5.82 Å². The lowest BCUT2D eigenvalue weighted by Gasteiger charge is -2.42. The number of likely N-dealkylation sites (tertiary alicyclic amines) is 1. The molecule has 0 bridgehead atoms. The van der Waals surface area contributed by atoms with Gasteiger partial charge in [0, 0.05) is 30.7 Å². The lowest BCUT2D eigenvalue weighted by atomic mass is 9.76. The number of rotatable bonds is 3. The molecule has 8 heteroatoms. The van der Waals surface area contributed by atoms with Gasteiger partial charge in [0.05, 0.1) is 24.4 Å². The fourth-order valence-corrected chi connectivity index (χ4v) is 4.58. The first-order valence-corrected chi connectivity index (χ1v) is 11.0. The molecule has 0 saturated carbocycles. The van der Waals surface area contributed by atoms with Gasteiger partial charge in [-0.25, -0.2) is 9.97 Å². The summed E-state index contributed by atoms with van der Waals surface area (Å²) < 4.78 is 5.26. The molecule has 0 aromatic carbocycles. The Morgan fingerprint density at radius 2 is 2.10 bits per heavy atom. The number of amides is 2. The van der Waals surface area contributed by atoms with Crippen LogP contribution in [0.3, 0.4) is 0 Å². The Kier molecular flexibility index (Phi) is 4.96.